The number of phenolic OH excluding ortho intramolecular Hbond substituents is 1. The number of nitrogen functional groups attached to an aromatic ring is 1. The van der Waals surface area contributed by atoms with E-state index in [1.165, 1.54) is 17.4 Å². The zero-order chi connectivity index (χ0) is 9.42. The van der Waals surface area contributed by atoms with Crippen LogP contribution in [0, 0.1) is 0 Å². The topological polar surface area (TPSA) is 63.3 Å². The lowest BCUT2D eigenvalue weighted by Crippen LogP contribution is -1.84. The van der Waals surface area contributed by atoms with Gasteiger partial charge in [0.1, 0.15) is 5.75 Å². The Hall–Kier alpha value is -1.55. The fourth-order valence-electron chi connectivity index (χ4n) is 1.24. The standard InChI is InChI=1S/C9H7NO2S/c10-7-4-13-9-5(7)1-2-8(12)6(9)3-11/h1-4,12H,10H2. The third kappa shape index (κ3) is 1.07. The molecular weight excluding hydrogens is 186 g/mol. The van der Waals surface area contributed by atoms with Crippen molar-refractivity contribution < 1.29 is 9.90 Å². The van der Waals surface area contributed by atoms with E-state index >= 15 is 0 Å². The number of anilines is 1. The highest BCUT2D eigenvalue weighted by Gasteiger charge is 2.09. The van der Waals surface area contributed by atoms with Gasteiger partial charge in [-0.1, -0.05) is 0 Å². The van der Waals surface area contributed by atoms with Gasteiger partial charge in [-0.2, -0.15) is 0 Å². The number of carbonyl (C=O) groups excluding carboxylic acids is 1. The molecule has 0 atom stereocenters. The Balaban J connectivity index is 2.92. The van der Waals surface area contributed by atoms with Crippen molar-refractivity contribution in [2.24, 2.45) is 0 Å². The number of hydrogen-bond acceptors (Lipinski definition) is 4. The lowest BCUT2D eigenvalue weighted by Gasteiger charge is -1.98. The average Bonchev–Trinajstić information content (AvgIpc) is 2.48. The quantitative estimate of drug-likeness (QED) is 0.681. The van der Waals surface area contributed by atoms with Gasteiger partial charge in [0.15, 0.2) is 6.29 Å². The fraction of sp³-hybridized carbons (Fsp3) is 0. The lowest BCUT2D eigenvalue weighted by atomic mass is 10.1. The predicted octanol–water partition coefficient (Wildman–Crippen LogP) is 2.00. The normalized spacial score (nSPS) is 10.5. The van der Waals surface area contributed by atoms with Crippen molar-refractivity contribution in [3.8, 4) is 5.75 Å². The minimum atomic E-state index is 0.00403. The Bertz CT molecular complexity index is 476. The Kier molecular flexibility index (Phi) is 1.70. The van der Waals surface area contributed by atoms with Crippen molar-refractivity contribution in [1.29, 1.82) is 0 Å². The van der Waals surface area contributed by atoms with Gasteiger partial charge in [0.2, 0.25) is 0 Å². The molecule has 0 radical (unpaired) electrons. The molecule has 0 aliphatic rings. The summed E-state index contributed by atoms with van der Waals surface area (Å²) < 4.78 is 0.743. The summed E-state index contributed by atoms with van der Waals surface area (Å²) in [5.74, 6) is 0.00403. The van der Waals surface area contributed by atoms with Crippen molar-refractivity contribution in [2.45, 2.75) is 0 Å². The molecule has 0 spiro atoms. The van der Waals surface area contributed by atoms with E-state index < -0.39 is 0 Å². The average molecular weight is 193 g/mol. The van der Waals surface area contributed by atoms with E-state index in [0.29, 0.717) is 17.5 Å². The van der Waals surface area contributed by atoms with Crippen molar-refractivity contribution in [2.75, 3.05) is 5.73 Å². The van der Waals surface area contributed by atoms with Crippen LogP contribution in [0.3, 0.4) is 0 Å². The van der Waals surface area contributed by atoms with E-state index in [-0.39, 0.29) is 5.75 Å². The molecule has 1 aromatic heterocycles. The van der Waals surface area contributed by atoms with Gasteiger partial charge in [0.25, 0.3) is 0 Å². The first kappa shape index (κ1) is 8.07. The van der Waals surface area contributed by atoms with Crippen LogP contribution in [-0.2, 0) is 0 Å². The second-order valence-corrected chi connectivity index (χ2v) is 3.56. The Morgan fingerprint density at radius 3 is 2.92 bits per heavy atom. The number of fused-ring (bicyclic) bond motifs is 1. The second kappa shape index (κ2) is 2.74. The van der Waals surface area contributed by atoms with Crippen LogP contribution >= 0.6 is 11.3 Å². The summed E-state index contributed by atoms with van der Waals surface area (Å²) in [5, 5.41) is 11.9. The molecule has 0 aliphatic carbocycles. The van der Waals surface area contributed by atoms with E-state index in [2.05, 4.69) is 0 Å². The Morgan fingerprint density at radius 2 is 2.23 bits per heavy atom. The highest BCUT2D eigenvalue weighted by atomic mass is 32.1. The number of aldehydes is 1. The SMILES string of the molecule is Nc1csc2c(C=O)c(O)ccc12. The van der Waals surface area contributed by atoms with E-state index in [0.717, 1.165) is 10.1 Å². The predicted molar refractivity (Wildman–Crippen MR) is 53.3 cm³/mol. The molecule has 0 fully saturated rings. The molecule has 3 N–H and O–H groups in total. The molecule has 66 valence electrons. The molecule has 4 heteroatoms. The van der Waals surface area contributed by atoms with E-state index in [1.807, 2.05) is 0 Å². The van der Waals surface area contributed by atoms with Crippen LogP contribution in [0.4, 0.5) is 5.69 Å². The minimum Gasteiger partial charge on any atom is -0.507 e. The largest absolute Gasteiger partial charge is 0.507 e. The van der Waals surface area contributed by atoms with Crippen LogP contribution < -0.4 is 5.73 Å². The molecule has 1 heterocycles. The van der Waals surface area contributed by atoms with Gasteiger partial charge in [0.05, 0.1) is 16.0 Å². The van der Waals surface area contributed by atoms with Crippen LogP contribution in [0.1, 0.15) is 10.4 Å². The maximum atomic E-state index is 10.7. The van der Waals surface area contributed by atoms with Gasteiger partial charge in [0, 0.05) is 10.8 Å². The van der Waals surface area contributed by atoms with Crippen molar-refractivity contribution in [3.05, 3.63) is 23.1 Å². The first-order valence-corrected chi connectivity index (χ1v) is 4.56. The Labute approximate surface area is 78.4 Å². The number of carbonyl (C=O) groups is 1. The number of benzene rings is 1. The summed E-state index contributed by atoms with van der Waals surface area (Å²) >= 11 is 1.36. The summed E-state index contributed by atoms with van der Waals surface area (Å²) in [6, 6.07) is 3.19. The summed E-state index contributed by atoms with van der Waals surface area (Å²) in [4.78, 5) is 10.7. The van der Waals surface area contributed by atoms with Gasteiger partial charge < -0.3 is 10.8 Å². The monoisotopic (exact) mass is 193 g/mol. The first-order chi connectivity index (χ1) is 6.24. The van der Waals surface area contributed by atoms with Gasteiger partial charge >= 0.3 is 0 Å². The fourth-order valence-corrected chi connectivity index (χ4v) is 2.21. The van der Waals surface area contributed by atoms with Gasteiger partial charge in [-0.05, 0) is 12.1 Å². The molecule has 13 heavy (non-hydrogen) atoms. The Morgan fingerprint density at radius 1 is 1.46 bits per heavy atom. The molecule has 0 saturated heterocycles. The van der Waals surface area contributed by atoms with E-state index in [9.17, 15) is 9.90 Å². The van der Waals surface area contributed by atoms with Gasteiger partial charge in [-0.3, -0.25) is 4.79 Å². The molecule has 0 amide bonds. The number of aromatic hydroxyl groups is 1. The molecule has 0 unspecified atom stereocenters. The van der Waals surface area contributed by atoms with Crippen LogP contribution in [0.15, 0.2) is 17.5 Å². The number of rotatable bonds is 1. The number of thiophene rings is 1. The summed E-state index contributed by atoms with van der Waals surface area (Å²) in [7, 11) is 0. The zero-order valence-corrected chi connectivity index (χ0v) is 7.47. The highest BCUT2D eigenvalue weighted by molar-refractivity contribution is 7.18. The maximum Gasteiger partial charge on any atom is 0.155 e. The summed E-state index contributed by atoms with van der Waals surface area (Å²) in [6.07, 6.45) is 0.646. The van der Waals surface area contributed by atoms with Crippen molar-refractivity contribution in [3.63, 3.8) is 0 Å². The summed E-state index contributed by atoms with van der Waals surface area (Å²) in [5.41, 5.74) is 6.62. The smallest absolute Gasteiger partial charge is 0.155 e. The van der Waals surface area contributed by atoms with Crippen LogP contribution in [0.25, 0.3) is 10.1 Å². The van der Waals surface area contributed by atoms with Gasteiger partial charge in [-0.15, -0.1) is 11.3 Å². The summed E-state index contributed by atoms with van der Waals surface area (Å²) in [6.45, 7) is 0. The van der Waals surface area contributed by atoms with Crippen molar-refractivity contribution >= 4 is 33.4 Å². The third-order valence-corrected chi connectivity index (χ3v) is 2.95. The number of nitrogens with two attached hydrogens (primary N) is 1. The van der Waals surface area contributed by atoms with Crippen molar-refractivity contribution in [1.82, 2.24) is 0 Å². The second-order valence-electron chi connectivity index (χ2n) is 2.68. The van der Waals surface area contributed by atoms with Crippen LogP contribution in [0.2, 0.25) is 0 Å². The van der Waals surface area contributed by atoms with Crippen LogP contribution in [-0.4, -0.2) is 11.4 Å². The molecule has 0 saturated carbocycles. The first-order valence-electron chi connectivity index (χ1n) is 3.68. The van der Waals surface area contributed by atoms with E-state index in [4.69, 9.17) is 5.73 Å². The highest BCUT2D eigenvalue weighted by Crippen LogP contribution is 2.34. The van der Waals surface area contributed by atoms with Gasteiger partial charge in [-0.25, -0.2) is 0 Å². The molecule has 2 rings (SSSR count). The maximum absolute atomic E-state index is 10.7. The minimum absolute atomic E-state index is 0.00403. The molecular formula is C9H7NO2S. The molecule has 2 aromatic rings. The van der Waals surface area contributed by atoms with Crippen LogP contribution in [0.5, 0.6) is 5.75 Å². The third-order valence-electron chi connectivity index (χ3n) is 1.91. The number of phenols is 1. The molecule has 1 aromatic carbocycles. The molecule has 0 bridgehead atoms. The van der Waals surface area contributed by atoms with E-state index in [1.54, 1.807) is 11.4 Å². The number of hydrogen-bond donors (Lipinski definition) is 2. The molecule has 3 nitrogen and oxygen atoms in total. The lowest BCUT2D eigenvalue weighted by molar-refractivity contribution is 0.112. The molecule has 0 aliphatic heterocycles. The zero-order valence-electron chi connectivity index (χ0n) is 6.65.